The van der Waals surface area contributed by atoms with E-state index in [1.165, 1.54) is 45.2 Å². The van der Waals surface area contributed by atoms with Crippen molar-refractivity contribution in [3.05, 3.63) is 0 Å². The van der Waals surface area contributed by atoms with Crippen LogP contribution in [0.3, 0.4) is 0 Å². The van der Waals surface area contributed by atoms with Gasteiger partial charge in [0, 0.05) is 13.1 Å². The Hall–Kier alpha value is -0.120. The van der Waals surface area contributed by atoms with Crippen molar-refractivity contribution in [2.75, 3.05) is 26.2 Å². The van der Waals surface area contributed by atoms with E-state index >= 15 is 0 Å². The minimum absolute atomic E-state index is 0.310. The monoisotopic (exact) mass is 228 g/mol. The van der Waals surface area contributed by atoms with Crippen molar-refractivity contribution in [3.63, 3.8) is 0 Å². The maximum absolute atomic E-state index is 9.44. The summed E-state index contributed by atoms with van der Waals surface area (Å²) in [6, 6.07) is 0. The van der Waals surface area contributed by atoms with Gasteiger partial charge in [0.1, 0.15) is 0 Å². The van der Waals surface area contributed by atoms with E-state index in [0.717, 1.165) is 18.9 Å². The average molecular weight is 228 g/mol. The van der Waals surface area contributed by atoms with Crippen LogP contribution in [0, 0.1) is 5.92 Å². The molecule has 0 aromatic carbocycles. The molecule has 0 radical (unpaired) electrons. The molecule has 96 valence electrons. The molecule has 0 spiro atoms. The predicted molar refractivity (Wildman–Crippen MR) is 68.4 cm³/mol. The molecule has 2 unspecified atom stereocenters. The minimum atomic E-state index is -0.310. The van der Waals surface area contributed by atoms with Crippen LogP contribution in [-0.4, -0.2) is 42.3 Å². The molecule has 1 rings (SSSR count). The molecule has 1 heterocycles. The standard InChI is InChI=1S/C13H28N2O/c1-2-4-12-5-3-8-15(9-6-12)10-7-13(16)11-14/h12-13,16H,2-11,14H2,1H3. The van der Waals surface area contributed by atoms with Gasteiger partial charge in [-0.2, -0.15) is 0 Å². The van der Waals surface area contributed by atoms with Crippen molar-refractivity contribution in [1.29, 1.82) is 0 Å². The third-order valence-corrected chi connectivity index (χ3v) is 3.69. The molecule has 1 aliphatic heterocycles. The van der Waals surface area contributed by atoms with Gasteiger partial charge in [0.25, 0.3) is 0 Å². The largest absolute Gasteiger partial charge is 0.392 e. The molecule has 1 aliphatic rings. The molecule has 2 atom stereocenters. The fraction of sp³-hybridized carbons (Fsp3) is 1.00. The van der Waals surface area contributed by atoms with Crippen LogP contribution in [0.2, 0.25) is 0 Å². The summed E-state index contributed by atoms with van der Waals surface area (Å²) in [5.41, 5.74) is 5.41. The second-order valence-corrected chi connectivity index (χ2v) is 5.11. The summed E-state index contributed by atoms with van der Waals surface area (Å²) in [6.45, 7) is 6.10. The Morgan fingerprint density at radius 1 is 1.38 bits per heavy atom. The van der Waals surface area contributed by atoms with E-state index in [1.807, 2.05) is 0 Å². The van der Waals surface area contributed by atoms with E-state index in [-0.39, 0.29) is 6.10 Å². The lowest BCUT2D eigenvalue weighted by Gasteiger charge is -2.21. The summed E-state index contributed by atoms with van der Waals surface area (Å²) in [5, 5.41) is 9.44. The summed E-state index contributed by atoms with van der Waals surface area (Å²) in [7, 11) is 0. The van der Waals surface area contributed by atoms with Gasteiger partial charge < -0.3 is 15.7 Å². The highest BCUT2D eigenvalue weighted by Crippen LogP contribution is 2.21. The van der Waals surface area contributed by atoms with Crippen molar-refractivity contribution in [2.24, 2.45) is 11.7 Å². The fourth-order valence-electron chi connectivity index (χ4n) is 2.59. The minimum Gasteiger partial charge on any atom is -0.392 e. The van der Waals surface area contributed by atoms with E-state index in [4.69, 9.17) is 5.73 Å². The number of aliphatic hydroxyl groups excluding tert-OH is 1. The van der Waals surface area contributed by atoms with E-state index in [9.17, 15) is 5.11 Å². The SMILES string of the molecule is CCCC1CCCN(CCC(O)CN)CC1. The van der Waals surface area contributed by atoms with Gasteiger partial charge in [-0.15, -0.1) is 0 Å². The molecule has 0 aliphatic carbocycles. The van der Waals surface area contributed by atoms with Crippen molar-refractivity contribution in [3.8, 4) is 0 Å². The highest BCUT2D eigenvalue weighted by Gasteiger charge is 2.16. The van der Waals surface area contributed by atoms with E-state index in [2.05, 4.69) is 11.8 Å². The van der Waals surface area contributed by atoms with Crippen LogP contribution in [0.15, 0.2) is 0 Å². The van der Waals surface area contributed by atoms with Gasteiger partial charge in [-0.3, -0.25) is 0 Å². The van der Waals surface area contributed by atoms with Crippen LogP contribution >= 0.6 is 0 Å². The Labute approximate surface area is 100 Å². The maximum Gasteiger partial charge on any atom is 0.0674 e. The normalized spacial score (nSPS) is 25.3. The smallest absolute Gasteiger partial charge is 0.0674 e. The number of nitrogens with zero attached hydrogens (tertiary/aromatic N) is 1. The summed E-state index contributed by atoms with van der Waals surface area (Å²) >= 11 is 0. The second-order valence-electron chi connectivity index (χ2n) is 5.11. The van der Waals surface area contributed by atoms with E-state index in [0.29, 0.717) is 6.54 Å². The third-order valence-electron chi connectivity index (χ3n) is 3.69. The molecule has 3 N–H and O–H groups in total. The predicted octanol–water partition coefficient (Wildman–Crippen LogP) is 1.60. The Morgan fingerprint density at radius 3 is 2.88 bits per heavy atom. The van der Waals surface area contributed by atoms with Crippen LogP contribution in [0.1, 0.15) is 45.4 Å². The molecule has 16 heavy (non-hydrogen) atoms. The molecule has 0 aromatic rings. The van der Waals surface area contributed by atoms with Crippen molar-refractivity contribution < 1.29 is 5.11 Å². The highest BCUT2D eigenvalue weighted by molar-refractivity contribution is 4.71. The summed E-state index contributed by atoms with van der Waals surface area (Å²) in [5.74, 6) is 0.939. The Bertz CT molecular complexity index is 175. The second kappa shape index (κ2) is 8.04. The summed E-state index contributed by atoms with van der Waals surface area (Å²) in [4.78, 5) is 2.49. The number of nitrogens with two attached hydrogens (primary N) is 1. The maximum atomic E-state index is 9.44. The van der Waals surface area contributed by atoms with Gasteiger partial charge in [0.05, 0.1) is 6.10 Å². The Balaban J connectivity index is 2.19. The van der Waals surface area contributed by atoms with E-state index in [1.54, 1.807) is 0 Å². The fourth-order valence-corrected chi connectivity index (χ4v) is 2.59. The topological polar surface area (TPSA) is 49.5 Å². The van der Waals surface area contributed by atoms with Gasteiger partial charge in [0.15, 0.2) is 0 Å². The molecule has 1 saturated heterocycles. The first kappa shape index (κ1) is 13.9. The lowest BCUT2D eigenvalue weighted by molar-refractivity contribution is 0.147. The average Bonchev–Trinajstić information content (AvgIpc) is 2.52. The summed E-state index contributed by atoms with van der Waals surface area (Å²) in [6.07, 6.45) is 7.28. The first-order chi connectivity index (χ1) is 7.76. The molecule has 3 nitrogen and oxygen atoms in total. The molecular formula is C13H28N2O. The van der Waals surface area contributed by atoms with Gasteiger partial charge in [-0.25, -0.2) is 0 Å². The highest BCUT2D eigenvalue weighted by atomic mass is 16.3. The summed E-state index contributed by atoms with van der Waals surface area (Å²) < 4.78 is 0. The number of likely N-dealkylation sites (tertiary alicyclic amines) is 1. The van der Waals surface area contributed by atoms with Crippen molar-refractivity contribution >= 4 is 0 Å². The van der Waals surface area contributed by atoms with Gasteiger partial charge in [0.2, 0.25) is 0 Å². The first-order valence-corrected chi connectivity index (χ1v) is 6.86. The van der Waals surface area contributed by atoms with Crippen LogP contribution in [0.5, 0.6) is 0 Å². The number of hydrogen-bond acceptors (Lipinski definition) is 3. The van der Waals surface area contributed by atoms with Crippen molar-refractivity contribution in [1.82, 2.24) is 4.90 Å². The molecule has 0 aromatic heterocycles. The van der Waals surface area contributed by atoms with Gasteiger partial charge in [-0.05, 0) is 44.7 Å². The quantitative estimate of drug-likeness (QED) is 0.726. The molecule has 0 amide bonds. The lowest BCUT2D eigenvalue weighted by Crippen LogP contribution is -2.30. The van der Waals surface area contributed by atoms with Crippen molar-refractivity contribution in [2.45, 2.75) is 51.6 Å². The first-order valence-electron chi connectivity index (χ1n) is 6.86. The number of hydrogen-bond donors (Lipinski definition) is 2. The van der Waals surface area contributed by atoms with Crippen LogP contribution in [-0.2, 0) is 0 Å². The third kappa shape index (κ3) is 5.28. The lowest BCUT2D eigenvalue weighted by atomic mass is 9.96. The number of rotatable bonds is 6. The van der Waals surface area contributed by atoms with Crippen LogP contribution in [0.4, 0.5) is 0 Å². The zero-order valence-corrected chi connectivity index (χ0v) is 10.7. The van der Waals surface area contributed by atoms with E-state index < -0.39 is 0 Å². The van der Waals surface area contributed by atoms with Gasteiger partial charge >= 0.3 is 0 Å². The zero-order chi connectivity index (χ0) is 11.8. The Morgan fingerprint density at radius 2 is 2.19 bits per heavy atom. The van der Waals surface area contributed by atoms with Crippen LogP contribution in [0.25, 0.3) is 0 Å². The van der Waals surface area contributed by atoms with Crippen LogP contribution < -0.4 is 5.73 Å². The van der Waals surface area contributed by atoms with Gasteiger partial charge in [-0.1, -0.05) is 19.8 Å². The number of aliphatic hydroxyl groups is 1. The molecule has 0 bridgehead atoms. The zero-order valence-electron chi connectivity index (χ0n) is 10.7. The molecule has 1 fully saturated rings. The molecule has 0 saturated carbocycles. The molecular weight excluding hydrogens is 200 g/mol. The Kier molecular flexibility index (Phi) is 7.01. The molecule has 3 heteroatoms.